The van der Waals surface area contributed by atoms with Crippen LogP contribution in [0, 0.1) is 0 Å². The summed E-state index contributed by atoms with van der Waals surface area (Å²) in [5.41, 5.74) is 5.38. The van der Waals surface area contributed by atoms with E-state index in [1.165, 1.54) is 0 Å². The smallest absolute Gasteiger partial charge is 0.234 e. The van der Waals surface area contributed by atoms with Crippen LogP contribution < -0.4 is 11.1 Å². The first-order valence-corrected chi connectivity index (χ1v) is 8.65. The Hall–Kier alpha value is -0.660. The normalized spacial score (nSPS) is 27.6. The summed E-state index contributed by atoms with van der Waals surface area (Å²) in [5.74, 6) is 0.196. The number of hydrogen-bond donors (Lipinski definition) is 2. The first kappa shape index (κ1) is 14.7. The molecule has 0 spiro atoms. The Morgan fingerprint density at radius 3 is 2.58 bits per heavy atom. The predicted octanol–water partition coefficient (Wildman–Crippen LogP) is -0.899. The van der Waals surface area contributed by atoms with Crippen molar-refractivity contribution < 1.29 is 13.2 Å². The van der Waals surface area contributed by atoms with E-state index in [0.717, 1.165) is 12.8 Å². The minimum Gasteiger partial charge on any atom is -0.368 e. The highest BCUT2D eigenvalue weighted by Crippen LogP contribution is 2.20. The van der Waals surface area contributed by atoms with Crippen LogP contribution in [0.1, 0.15) is 25.7 Å². The number of nitrogens with two attached hydrogens (primary N) is 1. The third kappa shape index (κ3) is 4.43. The lowest BCUT2D eigenvalue weighted by Gasteiger charge is -2.25. The third-order valence-corrected chi connectivity index (χ3v) is 5.71. The summed E-state index contributed by atoms with van der Waals surface area (Å²) < 4.78 is 22.9. The Bertz CT molecular complexity index is 434. The molecule has 1 amide bonds. The van der Waals surface area contributed by atoms with Gasteiger partial charge in [0.1, 0.15) is 0 Å². The van der Waals surface area contributed by atoms with Crippen molar-refractivity contribution in [3.05, 3.63) is 0 Å². The molecule has 7 heteroatoms. The molecule has 0 bridgehead atoms. The van der Waals surface area contributed by atoms with E-state index in [4.69, 9.17) is 5.73 Å². The molecular formula is C12H23N3O3S. The van der Waals surface area contributed by atoms with Gasteiger partial charge < -0.3 is 16.0 Å². The molecule has 6 nitrogen and oxygen atoms in total. The van der Waals surface area contributed by atoms with Gasteiger partial charge in [-0.1, -0.05) is 0 Å². The Morgan fingerprint density at radius 1 is 1.42 bits per heavy atom. The van der Waals surface area contributed by atoms with E-state index in [0.29, 0.717) is 25.4 Å². The molecule has 1 aliphatic carbocycles. The quantitative estimate of drug-likeness (QED) is 0.634. The number of hydrogen-bond acceptors (Lipinski definition) is 5. The van der Waals surface area contributed by atoms with Crippen LogP contribution in [0.3, 0.4) is 0 Å². The summed E-state index contributed by atoms with van der Waals surface area (Å²) >= 11 is 0. The highest BCUT2D eigenvalue weighted by Gasteiger charge is 2.32. The van der Waals surface area contributed by atoms with E-state index in [-0.39, 0.29) is 29.5 Å². The number of carbonyl (C=O) groups is 1. The van der Waals surface area contributed by atoms with Gasteiger partial charge in [0, 0.05) is 18.6 Å². The highest BCUT2D eigenvalue weighted by molar-refractivity contribution is 7.91. The lowest BCUT2D eigenvalue weighted by Crippen LogP contribution is -2.45. The van der Waals surface area contributed by atoms with Gasteiger partial charge in [-0.05, 0) is 32.7 Å². The van der Waals surface area contributed by atoms with Gasteiger partial charge >= 0.3 is 0 Å². The van der Waals surface area contributed by atoms with E-state index in [2.05, 4.69) is 5.32 Å². The van der Waals surface area contributed by atoms with Gasteiger partial charge in [-0.3, -0.25) is 4.79 Å². The molecule has 19 heavy (non-hydrogen) atoms. The molecule has 3 N–H and O–H groups in total. The van der Waals surface area contributed by atoms with Crippen molar-refractivity contribution in [2.75, 3.05) is 25.1 Å². The molecular weight excluding hydrogens is 266 g/mol. The number of amides is 1. The van der Waals surface area contributed by atoms with Crippen LogP contribution in [0.2, 0.25) is 0 Å². The lowest BCUT2D eigenvalue weighted by molar-refractivity contribution is -0.120. The maximum absolute atomic E-state index is 11.4. The second kappa shape index (κ2) is 5.76. The Morgan fingerprint density at radius 2 is 2.11 bits per heavy atom. The first-order chi connectivity index (χ1) is 8.87. The van der Waals surface area contributed by atoms with Crippen LogP contribution in [-0.4, -0.2) is 62.4 Å². The summed E-state index contributed by atoms with van der Waals surface area (Å²) in [5, 5.41) is 3.23. The zero-order chi connectivity index (χ0) is 14.0. The molecule has 110 valence electrons. The van der Waals surface area contributed by atoms with E-state index < -0.39 is 9.84 Å². The minimum atomic E-state index is -2.85. The fourth-order valence-electron chi connectivity index (χ4n) is 2.48. The molecule has 1 heterocycles. The van der Waals surface area contributed by atoms with E-state index in [1.807, 2.05) is 11.9 Å². The molecule has 1 aliphatic heterocycles. The lowest BCUT2D eigenvalue weighted by atomic mass is 10.1. The first-order valence-electron chi connectivity index (χ1n) is 6.83. The van der Waals surface area contributed by atoms with Crippen molar-refractivity contribution in [1.82, 2.24) is 10.2 Å². The Balaban J connectivity index is 1.78. The van der Waals surface area contributed by atoms with Crippen molar-refractivity contribution in [2.45, 2.75) is 43.8 Å². The molecule has 0 aromatic heterocycles. The van der Waals surface area contributed by atoms with Gasteiger partial charge in [-0.2, -0.15) is 0 Å². The van der Waals surface area contributed by atoms with Crippen molar-refractivity contribution in [2.24, 2.45) is 5.73 Å². The fraction of sp³-hybridized carbons (Fsp3) is 0.917. The van der Waals surface area contributed by atoms with Gasteiger partial charge in [0.2, 0.25) is 5.91 Å². The van der Waals surface area contributed by atoms with Crippen molar-refractivity contribution in [3.8, 4) is 0 Å². The summed E-state index contributed by atoms with van der Waals surface area (Å²) in [4.78, 5) is 13.4. The predicted molar refractivity (Wildman–Crippen MR) is 73.4 cm³/mol. The summed E-state index contributed by atoms with van der Waals surface area (Å²) in [6.45, 7) is 0.688. The third-order valence-electron chi connectivity index (χ3n) is 3.96. The number of nitrogens with one attached hydrogen (secondary N) is 1. The van der Waals surface area contributed by atoms with Crippen LogP contribution in [-0.2, 0) is 14.6 Å². The molecule has 0 radical (unpaired) electrons. The second-order valence-electron chi connectivity index (χ2n) is 5.72. The van der Waals surface area contributed by atoms with Gasteiger partial charge in [0.25, 0.3) is 0 Å². The summed E-state index contributed by atoms with van der Waals surface area (Å²) in [6.07, 6.45) is 3.55. The zero-order valence-electron chi connectivity index (χ0n) is 11.3. The molecule has 2 atom stereocenters. The van der Waals surface area contributed by atoms with Crippen LogP contribution in [0.4, 0.5) is 0 Å². The highest BCUT2D eigenvalue weighted by atomic mass is 32.2. The van der Waals surface area contributed by atoms with Gasteiger partial charge in [0.15, 0.2) is 9.84 Å². The molecule has 1 saturated heterocycles. The van der Waals surface area contributed by atoms with Crippen molar-refractivity contribution in [3.63, 3.8) is 0 Å². The average molecular weight is 289 g/mol. The summed E-state index contributed by atoms with van der Waals surface area (Å²) in [6, 6.07) is 0.224. The maximum Gasteiger partial charge on any atom is 0.234 e. The maximum atomic E-state index is 11.4. The van der Waals surface area contributed by atoms with E-state index in [1.54, 1.807) is 0 Å². The number of carbonyl (C=O) groups excluding carboxylic acids is 1. The van der Waals surface area contributed by atoms with Crippen molar-refractivity contribution >= 4 is 15.7 Å². The summed E-state index contributed by atoms with van der Waals surface area (Å²) in [7, 11) is -0.936. The Labute approximate surface area is 114 Å². The SMILES string of the molecule is CN(CCC(NC1CC1)C(N)=O)C1CCS(=O)(=O)C1. The molecule has 2 fully saturated rings. The fourth-order valence-corrected chi connectivity index (χ4v) is 4.29. The van der Waals surface area contributed by atoms with Crippen LogP contribution in [0.15, 0.2) is 0 Å². The van der Waals surface area contributed by atoms with E-state index >= 15 is 0 Å². The minimum absolute atomic E-state index is 0.0828. The van der Waals surface area contributed by atoms with Gasteiger partial charge in [-0.25, -0.2) is 8.42 Å². The van der Waals surface area contributed by atoms with Crippen LogP contribution in [0.25, 0.3) is 0 Å². The molecule has 0 aromatic rings. The monoisotopic (exact) mass is 289 g/mol. The van der Waals surface area contributed by atoms with Crippen molar-refractivity contribution in [1.29, 1.82) is 0 Å². The van der Waals surface area contributed by atoms with Crippen LogP contribution >= 0.6 is 0 Å². The van der Waals surface area contributed by atoms with E-state index in [9.17, 15) is 13.2 Å². The van der Waals surface area contributed by atoms with Gasteiger partial charge in [0.05, 0.1) is 17.5 Å². The molecule has 0 aromatic carbocycles. The zero-order valence-corrected chi connectivity index (χ0v) is 12.2. The number of sulfone groups is 1. The van der Waals surface area contributed by atoms with Gasteiger partial charge in [-0.15, -0.1) is 0 Å². The number of primary amides is 1. The number of nitrogens with zero attached hydrogens (tertiary/aromatic N) is 1. The second-order valence-corrected chi connectivity index (χ2v) is 7.95. The molecule has 2 aliphatic rings. The largest absolute Gasteiger partial charge is 0.368 e. The number of rotatable bonds is 7. The molecule has 1 saturated carbocycles. The van der Waals surface area contributed by atoms with Crippen LogP contribution in [0.5, 0.6) is 0 Å². The standard InChI is InChI=1S/C12H23N3O3S/c1-15(10-5-7-19(17,18)8-10)6-4-11(12(13)16)14-9-2-3-9/h9-11,14H,2-8H2,1H3,(H2,13,16). The molecule has 2 rings (SSSR count). The topological polar surface area (TPSA) is 92.5 Å². The average Bonchev–Trinajstić information content (AvgIpc) is 3.06. The Kier molecular flexibility index (Phi) is 4.47. The molecule has 2 unspecified atom stereocenters.